The number of rotatable bonds is 16. The Labute approximate surface area is 293 Å². The van der Waals surface area contributed by atoms with Crippen LogP contribution in [0.3, 0.4) is 0 Å². The molecule has 0 radical (unpaired) electrons. The van der Waals surface area contributed by atoms with E-state index in [-0.39, 0.29) is 25.7 Å². The van der Waals surface area contributed by atoms with E-state index in [0.29, 0.717) is 25.9 Å². The van der Waals surface area contributed by atoms with Crippen molar-refractivity contribution in [1.29, 1.82) is 0 Å². The number of nitrogens with two attached hydrogens (primary N) is 5. The van der Waals surface area contributed by atoms with Crippen molar-refractivity contribution >= 4 is 5.91 Å². The lowest BCUT2D eigenvalue weighted by Crippen LogP contribution is -2.67. The number of hydrogen-bond acceptors (Lipinski definition) is 20. The van der Waals surface area contributed by atoms with Gasteiger partial charge in [0.25, 0.3) is 5.91 Å². The van der Waals surface area contributed by atoms with E-state index in [1.807, 2.05) is 0 Å². The number of alkyl halides is 1. The molecule has 4 rings (SSSR count). The van der Waals surface area contributed by atoms with Crippen LogP contribution in [0.1, 0.15) is 19.3 Å². The minimum Gasteiger partial charge on any atom is -0.395 e. The van der Waals surface area contributed by atoms with E-state index < -0.39 is 129 Å². The van der Waals surface area contributed by atoms with Gasteiger partial charge in [0.1, 0.15) is 61.1 Å². The van der Waals surface area contributed by atoms with E-state index in [2.05, 4.69) is 10.6 Å². The van der Waals surface area contributed by atoms with Gasteiger partial charge in [0.15, 0.2) is 25.0 Å². The fraction of sp³-hybridized carbons (Fsp3) is 0.966. The number of carbonyl (C=O) groups is 1. The normalized spacial score (nSPS) is 44.6. The van der Waals surface area contributed by atoms with E-state index in [4.69, 9.17) is 62.2 Å². The maximum Gasteiger partial charge on any atom is 0.252 e. The van der Waals surface area contributed by atoms with Crippen molar-refractivity contribution in [2.75, 3.05) is 39.4 Å². The summed E-state index contributed by atoms with van der Waals surface area (Å²) in [6.45, 7) is -0.918. The molecule has 298 valence electrons. The second kappa shape index (κ2) is 19.3. The zero-order valence-corrected chi connectivity index (χ0v) is 28.1. The van der Waals surface area contributed by atoms with Crippen LogP contribution in [-0.4, -0.2) is 197 Å². The molecule has 1 amide bonds. The Kier molecular flexibility index (Phi) is 16.0. The van der Waals surface area contributed by atoms with Crippen molar-refractivity contribution in [1.82, 2.24) is 10.6 Å². The fourth-order valence-electron chi connectivity index (χ4n) is 6.64. The summed E-state index contributed by atoms with van der Waals surface area (Å²) in [7, 11) is 0. The van der Waals surface area contributed by atoms with E-state index in [9.17, 15) is 39.8 Å². The van der Waals surface area contributed by atoms with Gasteiger partial charge in [-0.25, -0.2) is 4.39 Å². The van der Waals surface area contributed by atoms with Crippen LogP contribution < -0.4 is 39.3 Å². The molecule has 0 aromatic carbocycles. The standard InChI is InChI=1S/C29H56FN7O14/c30-11(6-31)18(40)26(45)37-14-5-13(34)23(49-27-12(33)2-1-10(46-27)8-36-3-4-38)25(19(14)41)51-29-22(44)24(16(9-39)48-29)50-28-17(35)21(43)20(42)15(7-32)47-28/h10-25,27-29,36,38-44H,1-9,31-35H2,(H,37,45)/t10-,11-,12+,13-,14+,15-,16+,17+,18?,19-,20+,21+,22+,23+,24+,25+,27+,28+,29-/m0/s1. The second-order valence-corrected chi connectivity index (χ2v) is 13.4. The number of nitrogens with one attached hydrogen (secondary N) is 2. The van der Waals surface area contributed by atoms with Crippen molar-refractivity contribution in [3.63, 3.8) is 0 Å². The third-order valence-corrected chi connectivity index (χ3v) is 9.67. The van der Waals surface area contributed by atoms with Gasteiger partial charge in [0.2, 0.25) is 0 Å². The SMILES string of the molecule is NC[C@@H]1O[C@H](O[C@H]2[C@@H](O)[C@H](O[C@@H]3[C@@H](O)[C@H](NC(=O)C(O)[C@@H](F)CN)C[C@H](N)[C@H]3O[C@H]3O[C@H](CNCCO)CC[C@H]3N)O[C@@H]2CO)[C@H](N)[C@@H](O)[C@@H]1O. The van der Waals surface area contributed by atoms with Gasteiger partial charge in [0.05, 0.1) is 37.4 Å². The summed E-state index contributed by atoms with van der Waals surface area (Å²) in [6, 6.07) is -4.18. The molecular weight excluding hydrogens is 689 g/mol. The minimum absolute atomic E-state index is 0.0785. The van der Waals surface area contributed by atoms with Crippen molar-refractivity contribution in [3.05, 3.63) is 0 Å². The average molecular weight is 746 g/mol. The molecule has 1 unspecified atom stereocenters. The number of ether oxygens (including phenoxy) is 6. The summed E-state index contributed by atoms with van der Waals surface area (Å²) >= 11 is 0. The van der Waals surface area contributed by atoms with Crippen LogP contribution in [0.15, 0.2) is 0 Å². The monoisotopic (exact) mass is 745 g/mol. The molecule has 0 bridgehead atoms. The molecule has 21 nitrogen and oxygen atoms in total. The second-order valence-electron chi connectivity index (χ2n) is 13.4. The first kappa shape index (κ1) is 42.4. The third kappa shape index (κ3) is 10.0. The molecule has 3 heterocycles. The molecule has 3 aliphatic heterocycles. The molecule has 4 aliphatic rings. The van der Waals surface area contributed by atoms with E-state index >= 15 is 0 Å². The number of amides is 1. The Hall–Kier alpha value is -1.36. The highest BCUT2D eigenvalue weighted by molar-refractivity contribution is 5.81. The van der Waals surface area contributed by atoms with Gasteiger partial charge in [-0.15, -0.1) is 0 Å². The maximum atomic E-state index is 14.0. The lowest BCUT2D eigenvalue weighted by Gasteiger charge is -2.46. The molecule has 3 saturated heterocycles. The molecule has 0 aromatic rings. The van der Waals surface area contributed by atoms with Gasteiger partial charge in [-0.05, 0) is 19.3 Å². The van der Waals surface area contributed by atoms with Crippen LogP contribution >= 0.6 is 0 Å². The summed E-state index contributed by atoms with van der Waals surface area (Å²) in [5, 5.41) is 78.2. The van der Waals surface area contributed by atoms with Crippen LogP contribution in [0, 0.1) is 0 Å². The molecule has 1 saturated carbocycles. The molecular formula is C29H56FN7O14. The first-order valence-electron chi connectivity index (χ1n) is 17.1. The van der Waals surface area contributed by atoms with Crippen LogP contribution in [0.5, 0.6) is 0 Å². The Morgan fingerprint density at radius 3 is 2.14 bits per heavy atom. The van der Waals surface area contributed by atoms with Crippen LogP contribution in [0.25, 0.3) is 0 Å². The Balaban J connectivity index is 1.55. The topological polar surface area (TPSA) is 368 Å². The number of aliphatic hydroxyl groups excluding tert-OH is 7. The maximum absolute atomic E-state index is 14.0. The number of aliphatic hydroxyl groups is 7. The molecule has 51 heavy (non-hydrogen) atoms. The van der Waals surface area contributed by atoms with Crippen LogP contribution in [-0.2, 0) is 33.2 Å². The molecule has 22 heteroatoms. The summed E-state index contributed by atoms with van der Waals surface area (Å²) in [5.41, 5.74) is 29.8. The van der Waals surface area contributed by atoms with Gasteiger partial charge >= 0.3 is 0 Å². The van der Waals surface area contributed by atoms with Gasteiger partial charge < -0.3 is 103 Å². The third-order valence-electron chi connectivity index (χ3n) is 9.67. The molecule has 4 fully saturated rings. The highest BCUT2D eigenvalue weighted by atomic mass is 19.1. The lowest BCUT2D eigenvalue weighted by molar-refractivity contribution is -0.290. The zero-order chi connectivity index (χ0) is 37.6. The highest BCUT2D eigenvalue weighted by Crippen LogP contribution is 2.34. The van der Waals surface area contributed by atoms with E-state index in [0.717, 1.165) is 0 Å². The number of halogens is 1. The van der Waals surface area contributed by atoms with Gasteiger partial charge in [-0.1, -0.05) is 0 Å². The Bertz CT molecular complexity index is 1080. The molecule has 1 aliphatic carbocycles. The summed E-state index contributed by atoms with van der Waals surface area (Å²) < 4.78 is 49.7. The molecule has 0 aromatic heterocycles. The van der Waals surface area contributed by atoms with Crippen molar-refractivity contribution in [2.24, 2.45) is 28.7 Å². The number of carbonyl (C=O) groups excluding carboxylic acids is 1. The van der Waals surface area contributed by atoms with E-state index in [1.54, 1.807) is 0 Å². The van der Waals surface area contributed by atoms with Gasteiger partial charge in [0, 0.05) is 32.2 Å². The average Bonchev–Trinajstić information content (AvgIpc) is 3.41. The quantitative estimate of drug-likeness (QED) is 0.0652. The molecule has 0 spiro atoms. The lowest BCUT2D eigenvalue weighted by atomic mass is 9.83. The van der Waals surface area contributed by atoms with Gasteiger partial charge in [-0.2, -0.15) is 0 Å². The van der Waals surface area contributed by atoms with Gasteiger partial charge in [-0.3, -0.25) is 4.79 Å². The molecule has 19 N–H and O–H groups in total. The number of hydrogen-bond donors (Lipinski definition) is 14. The van der Waals surface area contributed by atoms with Crippen molar-refractivity contribution < 1.29 is 73.4 Å². The summed E-state index contributed by atoms with van der Waals surface area (Å²) in [6.07, 6.45) is -20.6. The highest BCUT2D eigenvalue weighted by Gasteiger charge is 2.54. The minimum atomic E-state index is -2.15. The zero-order valence-electron chi connectivity index (χ0n) is 28.1. The summed E-state index contributed by atoms with van der Waals surface area (Å²) in [4.78, 5) is 12.7. The van der Waals surface area contributed by atoms with Crippen LogP contribution in [0.4, 0.5) is 4.39 Å². The smallest absolute Gasteiger partial charge is 0.252 e. The van der Waals surface area contributed by atoms with Crippen molar-refractivity contribution in [2.45, 2.75) is 136 Å². The fourth-order valence-corrected chi connectivity index (χ4v) is 6.64. The first-order valence-corrected chi connectivity index (χ1v) is 17.1. The largest absolute Gasteiger partial charge is 0.395 e. The Morgan fingerprint density at radius 2 is 1.49 bits per heavy atom. The first-order chi connectivity index (χ1) is 24.3. The van der Waals surface area contributed by atoms with E-state index in [1.165, 1.54) is 0 Å². The van der Waals surface area contributed by atoms with Crippen molar-refractivity contribution in [3.8, 4) is 0 Å². The molecule has 19 atom stereocenters. The predicted octanol–water partition coefficient (Wildman–Crippen LogP) is -8.40. The Morgan fingerprint density at radius 1 is 0.824 bits per heavy atom. The summed E-state index contributed by atoms with van der Waals surface area (Å²) in [5.74, 6) is -1.17. The van der Waals surface area contributed by atoms with Crippen LogP contribution in [0.2, 0.25) is 0 Å². The predicted molar refractivity (Wildman–Crippen MR) is 170 cm³/mol.